The van der Waals surface area contributed by atoms with Gasteiger partial charge in [0.05, 0.1) is 6.61 Å². The zero-order valence-electron chi connectivity index (χ0n) is 14.3. The Morgan fingerprint density at radius 3 is 2.00 bits per heavy atom. The number of rotatable bonds is 0. The smallest absolute Gasteiger partial charge is 0.125 e. The minimum Gasteiger partial charge on any atom is -0.493 e. The summed E-state index contributed by atoms with van der Waals surface area (Å²) in [5, 5.41) is 0. The highest BCUT2D eigenvalue weighted by Gasteiger charge is 2.10. The number of ether oxygens (including phenoxy) is 1. The van der Waals surface area contributed by atoms with Gasteiger partial charge in [-0.3, -0.25) is 0 Å². The lowest BCUT2D eigenvalue weighted by atomic mass is 10.0. The van der Waals surface area contributed by atoms with E-state index in [1.807, 2.05) is 27.7 Å². The molecule has 0 unspecified atom stereocenters. The van der Waals surface area contributed by atoms with E-state index in [4.69, 9.17) is 4.74 Å². The van der Waals surface area contributed by atoms with E-state index in [9.17, 15) is 0 Å². The summed E-state index contributed by atoms with van der Waals surface area (Å²) >= 11 is 0. The average molecular weight is 266 g/mol. The molecule has 0 radical (unpaired) electrons. The van der Waals surface area contributed by atoms with Gasteiger partial charge in [-0.1, -0.05) is 66.7 Å². The predicted octanol–water partition coefficient (Wildman–Crippen LogP) is 6.03. The third-order valence-electron chi connectivity index (χ3n) is 2.13. The molecular formula is C18H34O. The van der Waals surface area contributed by atoms with Crippen LogP contribution in [0.1, 0.15) is 66.0 Å². The largest absolute Gasteiger partial charge is 0.493 e. The summed E-state index contributed by atoms with van der Waals surface area (Å²) < 4.78 is 5.55. The van der Waals surface area contributed by atoms with Crippen molar-refractivity contribution < 1.29 is 4.74 Å². The molecule has 0 aromatic heterocycles. The van der Waals surface area contributed by atoms with Crippen LogP contribution < -0.4 is 4.74 Å². The van der Waals surface area contributed by atoms with Crippen molar-refractivity contribution in [3.05, 3.63) is 29.3 Å². The minimum atomic E-state index is 0.833. The maximum Gasteiger partial charge on any atom is 0.125 e. The van der Waals surface area contributed by atoms with Crippen LogP contribution in [0.4, 0.5) is 0 Å². The van der Waals surface area contributed by atoms with Gasteiger partial charge in [0.25, 0.3) is 0 Å². The molecule has 0 saturated heterocycles. The van der Waals surface area contributed by atoms with Gasteiger partial charge in [-0.15, -0.1) is 0 Å². The van der Waals surface area contributed by atoms with Crippen LogP contribution in [0.5, 0.6) is 5.75 Å². The van der Waals surface area contributed by atoms with Crippen LogP contribution in [0.15, 0.2) is 18.2 Å². The van der Waals surface area contributed by atoms with Crippen LogP contribution in [0.25, 0.3) is 0 Å². The lowest BCUT2D eigenvalue weighted by Gasteiger charge is -2.18. The SMILES string of the molecule is CC.CC.CC(C)C.Cc1cccc2c1OCCC2. The molecule has 0 saturated carbocycles. The van der Waals surface area contributed by atoms with Crippen molar-refractivity contribution in [3.63, 3.8) is 0 Å². The quantitative estimate of drug-likeness (QED) is 0.556. The number of hydrogen-bond donors (Lipinski definition) is 0. The summed E-state index contributed by atoms with van der Waals surface area (Å²) in [7, 11) is 0. The van der Waals surface area contributed by atoms with E-state index in [0.29, 0.717) is 0 Å². The maximum atomic E-state index is 5.55. The second-order valence-corrected chi connectivity index (χ2v) is 4.75. The highest BCUT2D eigenvalue weighted by molar-refractivity contribution is 5.41. The molecule has 0 amide bonds. The van der Waals surface area contributed by atoms with Crippen molar-refractivity contribution in [2.24, 2.45) is 5.92 Å². The lowest BCUT2D eigenvalue weighted by Crippen LogP contribution is -2.09. The molecule has 0 atom stereocenters. The highest BCUT2D eigenvalue weighted by atomic mass is 16.5. The topological polar surface area (TPSA) is 9.23 Å². The summed E-state index contributed by atoms with van der Waals surface area (Å²) in [6.45, 7) is 17.5. The van der Waals surface area contributed by atoms with Crippen molar-refractivity contribution >= 4 is 0 Å². The Labute approximate surface area is 121 Å². The standard InChI is InChI=1S/C10H12O.C4H10.2C2H6/c1-8-4-2-5-9-6-3-7-11-10(8)9;1-4(2)3;2*1-2/h2,4-5H,3,6-7H2,1H3;4H,1-3H3;2*1-2H3. The Balaban J connectivity index is 0. The summed E-state index contributed by atoms with van der Waals surface area (Å²) in [4.78, 5) is 0. The van der Waals surface area contributed by atoms with E-state index in [-0.39, 0.29) is 0 Å². The van der Waals surface area contributed by atoms with Crippen LogP contribution in [0.2, 0.25) is 0 Å². The molecule has 1 heterocycles. The molecular weight excluding hydrogens is 232 g/mol. The molecule has 112 valence electrons. The molecule has 19 heavy (non-hydrogen) atoms. The molecule has 1 aromatic rings. The predicted molar refractivity (Wildman–Crippen MR) is 88.2 cm³/mol. The number of fused-ring (bicyclic) bond motifs is 1. The van der Waals surface area contributed by atoms with Crippen LogP contribution in [0.3, 0.4) is 0 Å². The maximum absolute atomic E-state index is 5.55. The van der Waals surface area contributed by atoms with Gasteiger partial charge in [0.1, 0.15) is 5.75 Å². The van der Waals surface area contributed by atoms with Crippen molar-refractivity contribution in [1.82, 2.24) is 0 Å². The summed E-state index contributed by atoms with van der Waals surface area (Å²) in [5.41, 5.74) is 2.64. The monoisotopic (exact) mass is 266 g/mol. The molecule has 0 spiro atoms. The van der Waals surface area contributed by atoms with Crippen LogP contribution in [-0.2, 0) is 6.42 Å². The molecule has 1 aliphatic heterocycles. The molecule has 1 nitrogen and oxygen atoms in total. The first-order chi connectivity index (χ1) is 9.11. The third-order valence-corrected chi connectivity index (χ3v) is 2.13. The molecule has 0 bridgehead atoms. The van der Waals surface area contributed by atoms with E-state index in [1.54, 1.807) is 0 Å². The lowest BCUT2D eigenvalue weighted by molar-refractivity contribution is 0.286. The van der Waals surface area contributed by atoms with Gasteiger partial charge < -0.3 is 4.74 Å². The highest BCUT2D eigenvalue weighted by Crippen LogP contribution is 2.27. The van der Waals surface area contributed by atoms with Crippen LogP contribution >= 0.6 is 0 Å². The molecule has 1 aromatic carbocycles. The second-order valence-electron chi connectivity index (χ2n) is 4.75. The fraction of sp³-hybridized carbons (Fsp3) is 0.667. The van der Waals surface area contributed by atoms with Gasteiger partial charge in [-0.2, -0.15) is 0 Å². The summed E-state index contributed by atoms with van der Waals surface area (Å²) in [6, 6.07) is 6.36. The summed E-state index contributed by atoms with van der Waals surface area (Å²) in [5.74, 6) is 1.96. The first-order valence-corrected chi connectivity index (χ1v) is 7.82. The summed E-state index contributed by atoms with van der Waals surface area (Å²) in [6.07, 6.45) is 2.34. The van der Waals surface area contributed by atoms with Crippen molar-refractivity contribution in [2.75, 3.05) is 6.61 Å². The number of benzene rings is 1. The molecule has 0 fully saturated rings. The Hall–Kier alpha value is -0.980. The van der Waals surface area contributed by atoms with Crippen molar-refractivity contribution in [2.45, 2.75) is 68.2 Å². The molecule has 0 aliphatic carbocycles. The molecule has 1 heteroatoms. The average Bonchev–Trinajstić information content (AvgIpc) is 2.43. The molecule has 2 rings (SSSR count). The molecule has 1 aliphatic rings. The fourth-order valence-electron chi connectivity index (χ4n) is 1.55. The van der Waals surface area contributed by atoms with E-state index in [0.717, 1.165) is 24.7 Å². The second kappa shape index (κ2) is 13.5. The van der Waals surface area contributed by atoms with Gasteiger partial charge in [0.15, 0.2) is 0 Å². The van der Waals surface area contributed by atoms with Gasteiger partial charge in [0.2, 0.25) is 0 Å². The van der Waals surface area contributed by atoms with Gasteiger partial charge in [-0.05, 0) is 36.8 Å². The first-order valence-electron chi connectivity index (χ1n) is 7.82. The van der Waals surface area contributed by atoms with Gasteiger partial charge >= 0.3 is 0 Å². The Morgan fingerprint density at radius 1 is 1.00 bits per heavy atom. The van der Waals surface area contributed by atoms with E-state index in [2.05, 4.69) is 45.9 Å². The van der Waals surface area contributed by atoms with Crippen LogP contribution in [0, 0.1) is 12.8 Å². The zero-order valence-corrected chi connectivity index (χ0v) is 14.3. The van der Waals surface area contributed by atoms with E-state index < -0.39 is 0 Å². The zero-order chi connectivity index (χ0) is 15.3. The Morgan fingerprint density at radius 2 is 1.53 bits per heavy atom. The van der Waals surface area contributed by atoms with Gasteiger partial charge in [0, 0.05) is 0 Å². The van der Waals surface area contributed by atoms with Gasteiger partial charge in [-0.25, -0.2) is 0 Å². The van der Waals surface area contributed by atoms with Crippen molar-refractivity contribution in [1.29, 1.82) is 0 Å². The number of hydrogen-bond acceptors (Lipinski definition) is 1. The third kappa shape index (κ3) is 9.58. The number of aryl methyl sites for hydroxylation is 2. The normalized spacial score (nSPS) is 11.4. The Kier molecular flexibility index (Phi) is 14.4. The number of para-hydroxylation sites is 1. The fourth-order valence-corrected chi connectivity index (χ4v) is 1.55. The van der Waals surface area contributed by atoms with E-state index >= 15 is 0 Å². The Bertz CT molecular complexity index is 300. The van der Waals surface area contributed by atoms with Crippen LogP contribution in [-0.4, -0.2) is 6.61 Å². The first kappa shape index (κ1) is 20.3. The van der Waals surface area contributed by atoms with Crippen molar-refractivity contribution in [3.8, 4) is 5.75 Å². The van der Waals surface area contributed by atoms with E-state index in [1.165, 1.54) is 17.5 Å². The molecule has 0 N–H and O–H groups in total. The minimum absolute atomic E-state index is 0.833.